The van der Waals surface area contributed by atoms with Gasteiger partial charge in [0.1, 0.15) is 0 Å². The number of hydrogen-bond acceptors (Lipinski definition) is 3. The fraction of sp³-hybridized carbons (Fsp3) is 1.00. The van der Waals surface area contributed by atoms with E-state index in [1.807, 2.05) is 6.92 Å². The Morgan fingerprint density at radius 2 is 2.07 bits per heavy atom. The normalized spacial score (nSPS) is 44.7. The zero-order chi connectivity index (χ0) is 11.1. The second-order valence-corrected chi connectivity index (χ2v) is 7.39. The standard InChI is InChI=1S/C11H21NO2S/c1-3-9-4-5-10-11(6-9)15(13,14)7-8(2)12-10/h8-12H,3-7H2,1-2H3. The Morgan fingerprint density at radius 1 is 1.33 bits per heavy atom. The largest absolute Gasteiger partial charge is 0.309 e. The van der Waals surface area contributed by atoms with E-state index in [0.29, 0.717) is 11.7 Å². The molecule has 1 saturated heterocycles. The predicted molar refractivity (Wildman–Crippen MR) is 61.6 cm³/mol. The first kappa shape index (κ1) is 11.4. The third-order valence-electron chi connectivity index (χ3n) is 3.92. The topological polar surface area (TPSA) is 46.2 Å². The van der Waals surface area contributed by atoms with E-state index in [2.05, 4.69) is 12.2 Å². The highest BCUT2D eigenvalue weighted by atomic mass is 32.2. The Labute approximate surface area is 92.6 Å². The maximum Gasteiger partial charge on any atom is 0.156 e. The van der Waals surface area contributed by atoms with Gasteiger partial charge in [0.05, 0.1) is 11.0 Å². The van der Waals surface area contributed by atoms with Crippen molar-refractivity contribution in [1.82, 2.24) is 5.32 Å². The van der Waals surface area contributed by atoms with Crippen molar-refractivity contribution in [2.75, 3.05) is 5.75 Å². The van der Waals surface area contributed by atoms with E-state index in [-0.39, 0.29) is 17.3 Å². The van der Waals surface area contributed by atoms with Gasteiger partial charge >= 0.3 is 0 Å². The third kappa shape index (κ3) is 2.21. The molecular weight excluding hydrogens is 210 g/mol. The molecule has 0 bridgehead atoms. The second kappa shape index (κ2) is 4.06. The summed E-state index contributed by atoms with van der Waals surface area (Å²) in [5.74, 6) is 0.946. The smallest absolute Gasteiger partial charge is 0.156 e. The minimum Gasteiger partial charge on any atom is -0.309 e. The number of fused-ring (bicyclic) bond motifs is 1. The van der Waals surface area contributed by atoms with E-state index in [4.69, 9.17) is 0 Å². The molecule has 2 aliphatic rings. The Hall–Kier alpha value is -0.0900. The lowest BCUT2D eigenvalue weighted by molar-refractivity contribution is 0.266. The van der Waals surface area contributed by atoms with Crippen molar-refractivity contribution in [1.29, 1.82) is 0 Å². The minimum atomic E-state index is -2.84. The van der Waals surface area contributed by atoms with Gasteiger partial charge in [0.2, 0.25) is 0 Å². The van der Waals surface area contributed by atoms with Crippen LogP contribution in [0.3, 0.4) is 0 Å². The monoisotopic (exact) mass is 231 g/mol. The summed E-state index contributed by atoms with van der Waals surface area (Å²) in [5.41, 5.74) is 0. The summed E-state index contributed by atoms with van der Waals surface area (Å²) in [5, 5.41) is 3.34. The molecule has 4 unspecified atom stereocenters. The molecule has 4 atom stereocenters. The van der Waals surface area contributed by atoms with Crippen molar-refractivity contribution in [3.8, 4) is 0 Å². The molecule has 2 rings (SSSR count). The molecule has 0 spiro atoms. The molecular formula is C11H21NO2S. The molecule has 15 heavy (non-hydrogen) atoms. The van der Waals surface area contributed by atoms with Gasteiger partial charge in [0, 0.05) is 12.1 Å². The van der Waals surface area contributed by atoms with Crippen LogP contribution in [0, 0.1) is 5.92 Å². The third-order valence-corrected chi connectivity index (χ3v) is 6.33. The zero-order valence-electron chi connectivity index (χ0n) is 9.57. The number of hydrogen-bond donors (Lipinski definition) is 1. The molecule has 3 nitrogen and oxygen atoms in total. The first-order chi connectivity index (χ1) is 7.03. The summed E-state index contributed by atoms with van der Waals surface area (Å²) in [4.78, 5) is 0. The lowest BCUT2D eigenvalue weighted by Gasteiger charge is -2.41. The van der Waals surface area contributed by atoms with E-state index in [1.165, 1.54) is 6.42 Å². The van der Waals surface area contributed by atoms with E-state index in [1.54, 1.807) is 0 Å². The molecule has 0 aromatic heterocycles. The maximum absolute atomic E-state index is 12.0. The molecule has 4 heteroatoms. The summed E-state index contributed by atoms with van der Waals surface area (Å²) < 4.78 is 24.1. The Kier molecular flexibility index (Phi) is 3.08. The van der Waals surface area contributed by atoms with Crippen LogP contribution >= 0.6 is 0 Å². The SMILES string of the molecule is CCC1CCC2NC(C)CS(=O)(=O)C2C1. The minimum absolute atomic E-state index is 0.104. The summed E-state index contributed by atoms with van der Waals surface area (Å²) in [6, 6.07) is 0.357. The van der Waals surface area contributed by atoms with Crippen LogP contribution in [0.2, 0.25) is 0 Å². The van der Waals surface area contributed by atoms with Crippen LogP contribution in [0.1, 0.15) is 39.5 Å². The first-order valence-electron chi connectivity index (χ1n) is 6.00. The van der Waals surface area contributed by atoms with Gasteiger partial charge in [-0.05, 0) is 32.1 Å². The van der Waals surface area contributed by atoms with Crippen molar-refractivity contribution in [3.63, 3.8) is 0 Å². The molecule has 2 fully saturated rings. The molecule has 88 valence electrons. The second-order valence-electron chi connectivity index (χ2n) is 5.13. The molecule has 0 aromatic carbocycles. The highest BCUT2D eigenvalue weighted by Crippen LogP contribution is 2.33. The Balaban J connectivity index is 2.17. The Morgan fingerprint density at radius 3 is 2.73 bits per heavy atom. The average Bonchev–Trinajstić information content (AvgIpc) is 2.16. The molecule has 0 radical (unpaired) electrons. The summed E-state index contributed by atoms with van der Waals surface area (Å²) in [6.07, 6.45) is 4.22. The van der Waals surface area contributed by atoms with Gasteiger partial charge < -0.3 is 5.32 Å². The lowest BCUT2D eigenvalue weighted by atomic mass is 9.84. The van der Waals surface area contributed by atoms with Crippen LogP contribution in [-0.4, -0.2) is 31.5 Å². The van der Waals surface area contributed by atoms with E-state index < -0.39 is 9.84 Å². The molecule has 0 amide bonds. The summed E-state index contributed by atoms with van der Waals surface area (Å²) in [6.45, 7) is 4.14. The average molecular weight is 231 g/mol. The van der Waals surface area contributed by atoms with Crippen LogP contribution < -0.4 is 5.32 Å². The van der Waals surface area contributed by atoms with Gasteiger partial charge in [0.25, 0.3) is 0 Å². The number of rotatable bonds is 1. The van der Waals surface area contributed by atoms with Crippen molar-refractivity contribution >= 4 is 9.84 Å². The van der Waals surface area contributed by atoms with Crippen LogP contribution in [0.15, 0.2) is 0 Å². The Bertz CT molecular complexity index is 325. The number of sulfone groups is 1. The molecule has 1 aliphatic carbocycles. The molecule has 1 aliphatic heterocycles. The van der Waals surface area contributed by atoms with Gasteiger partial charge in [0.15, 0.2) is 9.84 Å². The molecule has 1 N–H and O–H groups in total. The zero-order valence-corrected chi connectivity index (χ0v) is 10.4. The predicted octanol–water partition coefficient (Wildman–Crippen LogP) is 1.34. The van der Waals surface area contributed by atoms with E-state index >= 15 is 0 Å². The highest BCUT2D eigenvalue weighted by Gasteiger charge is 2.42. The van der Waals surface area contributed by atoms with Gasteiger partial charge in [-0.25, -0.2) is 8.42 Å². The fourth-order valence-corrected chi connectivity index (χ4v) is 5.38. The van der Waals surface area contributed by atoms with Crippen LogP contribution in [0.25, 0.3) is 0 Å². The van der Waals surface area contributed by atoms with Crippen LogP contribution in [-0.2, 0) is 9.84 Å². The van der Waals surface area contributed by atoms with Crippen LogP contribution in [0.5, 0.6) is 0 Å². The molecule has 0 aromatic rings. The van der Waals surface area contributed by atoms with Crippen LogP contribution in [0.4, 0.5) is 0 Å². The van der Waals surface area contributed by atoms with Gasteiger partial charge in [-0.2, -0.15) is 0 Å². The first-order valence-corrected chi connectivity index (χ1v) is 7.72. The molecule has 1 heterocycles. The van der Waals surface area contributed by atoms with E-state index in [9.17, 15) is 8.42 Å². The van der Waals surface area contributed by atoms with Crippen molar-refractivity contribution in [2.24, 2.45) is 5.92 Å². The highest BCUT2D eigenvalue weighted by molar-refractivity contribution is 7.92. The van der Waals surface area contributed by atoms with Crippen molar-refractivity contribution in [2.45, 2.75) is 56.9 Å². The van der Waals surface area contributed by atoms with E-state index in [0.717, 1.165) is 19.3 Å². The van der Waals surface area contributed by atoms with Gasteiger partial charge in [-0.15, -0.1) is 0 Å². The van der Waals surface area contributed by atoms with Crippen molar-refractivity contribution < 1.29 is 8.42 Å². The number of nitrogens with one attached hydrogen (secondary N) is 1. The summed E-state index contributed by atoms with van der Waals surface area (Å²) in [7, 11) is -2.84. The maximum atomic E-state index is 12.0. The lowest BCUT2D eigenvalue weighted by Crippen LogP contribution is -2.58. The fourth-order valence-electron chi connectivity index (χ4n) is 3.06. The summed E-state index contributed by atoms with van der Waals surface area (Å²) >= 11 is 0. The molecule has 1 saturated carbocycles. The van der Waals surface area contributed by atoms with Crippen molar-refractivity contribution in [3.05, 3.63) is 0 Å². The van der Waals surface area contributed by atoms with Gasteiger partial charge in [-0.3, -0.25) is 0 Å². The van der Waals surface area contributed by atoms with Gasteiger partial charge in [-0.1, -0.05) is 13.3 Å². The quantitative estimate of drug-likeness (QED) is 0.741.